The second-order valence-corrected chi connectivity index (χ2v) is 11.3. The van der Waals surface area contributed by atoms with E-state index in [2.05, 4.69) is 21.2 Å². The quantitative estimate of drug-likeness (QED) is 0.444. The second-order valence-electron chi connectivity index (χ2n) is 8.57. The molecule has 0 unspecified atom stereocenters. The maximum atomic E-state index is 13.6. The lowest BCUT2D eigenvalue weighted by Crippen LogP contribution is -2.52. The van der Waals surface area contributed by atoms with Crippen molar-refractivity contribution in [2.24, 2.45) is 0 Å². The van der Waals surface area contributed by atoms with E-state index in [-0.39, 0.29) is 18.5 Å². The lowest BCUT2D eigenvalue weighted by Gasteiger charge is -2.32. The summed E-state index contributed by atoms with van der Waals surface area (Å²) >= 11 is 3.41. The molecule has 2 atom stereocenters. The fourth-order valence-corrected chi connectivity index (χ4v) is 4.50. The molecule has 0 fully saturated rings. The lowest BCUT2D eigenvalue weighted by atomic mass is 10.1. The predicted octanol–water partition coefficient (Wildman–Crippen LogP) is 3.86. The predicted molar refractivity (Wildman–Crippen MR) is 142 cm³/mol. The van der Waals surface area contributed by atoms with E-state index in [1.165, 1.54) is 4.90 Å². The number of methoxy groups -OCH3 is 1. The summed E-state index contributed by atoms with van der Waals surface area (Å²) < 4.78 is 32.5. The van der Waals surface area contributed by atoms with Crippen LogP contribution in [-0.4, -0.2) is 57.1 Å². The minimum Gasteiger partial charge on any atom is -0.497 e. The molecule has 0 spiro atoms. The second kappa shape index (κ2) is 12.4. The highest BCUT2D eigenvalue weighted by molar-refractivity contribution is 9.10. The highest BCUT2D eigenvalue weighted by Crippen LogP contribution is 2.25. The molecule has 0 aliphatic carbocycles. The molecule has 0 bridgehead atoms. The number of rotatable bonds is 11. The zero-order valence-electron chi connectivity index (χ0n) is 21.0. The summed E-state index contributed by atoms with van der Waals surface area (Å²) in [6, 6.07) is 11.4. The molecule has 0 saturated carbocycles. The zero-order valence-corrected chi connectivity index (χ0v) is 23.4. The molecule has 2 aromatic rings. The number of carbonyl (C=O) groups excluding carboxylic acids is 2. The van der Waals surface area contributed by atoms with Crippen LogP contribution in [0.1, 0.15) is 38.3 Å². The van der Waals surface area contributed by atoms with Crippen molar-refractivity contribution < 1.29 is 22.7 Å². The van der Waals surface area contributed by atoms with Gasteiger partial charge in [-0.3, -0.25) is 13.9 Å². The number of hydrogen-bond donors (Lipinski definition) is 1. The van der Waals surface area contributed by atoms with E-state index in [9.17, 15) is 18.0 Å². The molecular formula is C25H34BrN3O5S. The van der Waals surface area contributed by atoms with Crippen molar-refractivity contribution in [3.63, 3.8) is 0 Å². The molecule has 0 radical (unpaired) electrons. The molecule has 1 N–H and O–H groups in total. The van der Waals surface area contributed by atoms with Gasteiger partial charge >= 0.3 is 0 Å². The molecule has 2 rings (SSSR count). The minimum absolute atomic E-state index is 0.0584. The van der Waals surface area contributed by atoms with Crippen LogP contribution in [0.5, 0.6) is 5.75 Å². The first-order chi connectivity index (χ1) is 16.4. The van der Waals surface area contributed by atoms with Crippen molar-refractivity contribution in [1.29, 1.82) is 0 Å². The largest absolute Gasteiger partial charge is 0.497 e. The minimum atomic E-state index is -3.78. The monoisotopic (exact) mass is 567 g/mol. The van der Waals surface area contributed by atoms with E-state index in [0.717, 1.165) is 32.6 Å². The van der Waals surface area contributed by atoms with Crippen LogP contribution in [0.2, 0.25) is 0 Å². The lowest BCUT2D eigenvalue weighted by molar-refractivity contribution is -0.139. The Bertz CT molecular complexity index is 1160. The molecular weight excluding hydrogens is 534 g/mol. The summed E-state index contributed by atoms with van der Waals surface area (Å²) in [6.07, 6.45) is 1.80. The summed E-state index contributed by atoms with van der Waals surface area (Å²) in [5.41, 5.74) is 1.96. The van der Waals surface area contributed by atoms with Gasteiger partial charge in [-0.25, -0.2) is 8.42 Å². The Labute approximate surface area is 216 Å². The zero-order chi connectivity index (χ0) is 26.3. The van der Waals surface area contributed by atoms with Crippen LogP contribution in [0.15, 0.2) is 46.9 Å². The number of halogens is 1. The van der Waals surface area contributed by atoms with Gasteiger partial charge in [-0.2, -0.15) is 0 Å². The van der Waals surface area contributed by atoms with Gasteiger partial charge < -0.3 is 15.0 Å². The molecule has 192 valence electrons. The summed E-state index contributed by atoms with van der Waals surface area (Å²) in [7, 11) is -2.23. The van der Waals surface area contributed by atoms with Crippen molar-refractivity contribution in [2.75, 3.05) is 24.2 Å². The van der Waals surface area contributed by atoms with Crippen LogP contribution >= 0.6 is 15.9 Å². The first-order valence-corrected chi connectivity index (χ1v) is 14.0. The first-order valence-electron chi connectivity index (χ1n) is 11.3. The van der Waals surface area contributed by atoms with E-state index < -0.39 is 28.5 Å². The van der Waals surface area contributed by atoms with Crippen molar-refractivity contribution in [1.82, 2.24) is 10.2 Å². The van der Waals surface area contributed by atoms with E-state index in [4.69, 9.17) is 4.74 Å². The Morgan fingerprint density at radius 1 is 1.14 bits per heavy atom. The van der Waals surface area contributed by atoms with Crippen molar-refractivity contribution in [2.45, 2.75) is 52.7 Å². The molecule has 10 heteroatoms. The highest BCUT2D eigenvalue weighted by atomic mass is 79.9. The number of ether oxygens (including phenoxy) is 1. The molecule has 2 aromatic carbocycles. The third-order valence-corrected chi connectivity index (χ3v) is 7.79. The molecule has 0 aliphatic rings. The number of amides is 2. The molecule has 35 heavy (non-hydrogen) atoms. The average molecular weight is 569 g/mol. The number of nitrogens with zero attached hydrogens (tertiary/aromatic N) is 2. The molecule has 0 heterocycles. The fraction of sp³-hybridized carbons (Fsp3) is 0.440. The third-order valence-electron chi connectivity index (χ3n) is 5.76. The maximum absolute atomic E-state index is 13.6. The summed E-state index contributed by atoms with van der Waals surface area (Å²) in [5.74, 6) is -0.179. The van der Waals surface area contributed by atoms with Gasteiger partial charge in [-0.15, -0.1) is 0 Å². The van der Waals surface area contributed by atoms with Crippen LogP contribution < -0.4 is 14.4 Å². The van der Waals surface area contributed by atoms with E-state index >= 15 is 0 Å². The van der Waals surface area contributed by atoms with Crippen LogP contribution in [0.25, 0.3) is 0 Å². The smallest absolute Gasteiger partial charge is 0.244 e. The number of benzene rings is 2. The summed E-state index contributed by atoms with van der Waals surface area (Å²) in [5, 5.41) is 2.91. The Balaban J connectivity index is 2.42. The number of carbonyl (C=O) groups is 2. The van der Waals surface area contributed by atoms with Gasteiger partial charge in [-0.1, -0.05) is 35.0 Å². The van der Waals surface area contributed by atoms with Crippen LogP contribution in [0.3, 0.4) is 0 Å². The van der Waals surface area contributed by atoms with Gasteiger partial charge in [0.25, 0.3) is 0 Å². The Morgan fingerprint density at radius 2 is 1.83 bits per heavy atom. The Hall–Kier alpha value is -2.59. The number of sulfonamides is 1. The van der Waals surface area contributed by atoms with E-state index in [1.807, 2.05) is 26.8 Å². The fourth-order valence-electron chi connectivity index (χ4n) is 3.41. The standard InChI is InChI=1S/C25H34BrN3O5S/c1-7-18(3)27-25(31)19(4)28(15-20-9-8-10-22(14-20)34-5)24(30)16-29(35(6,32)33)21-11-12-23(26)17(2)13-21/h8-14,18-19H,7,15-16H2,1-6H3,(H,27,31)/t18-,19-/m0/s1. The maximum Gasteiger partial charge on any atom is 0.244 e. The van der Waals surface area contributed by atoms with Gasteiger partial charge in [0.15, 0.2) is 0 Å². The van der Waals surface area contributed by atoms with E-state index in [1.54, 1.807) is 50.4 Å². The van der Waals surface area contributed by atoms with E-state index in [0.29, 0.717) is 11.4 Å². The normalized spacial score (nSPS) is 13.0. The van der Waals surface area contributed by atoms with Gasteiger partial charge in [-0.05, 0) is 68.7 Å². The molecule has 8 nitrogen and oxygen atoms in total. The number of hydrogen-bond acceptors (Lipinski definition) is 5. The SMILES string of the molecule is CC[C@H](C)NC(=O)[C@H](C)N(Cc1cccc(OC)c1)C(=O)CN(c1ccc(Br)c(C)c1)S(C)(=O)=O. The van der Waals surface area contributed by atoms with Crippen molar-refractivity contribution >= 4 is 43.5 Å². The number of nitrogens with one attached hydrogen (secondary N) is 1. The van der Waals surface area contributed by atoms with Gasteiger partial charge in [0.2, 0.25) is 21.8 Å². The summed E-state index contributed by atoms with van der Waals surface area (Å²) in [6.45, 7) is 7.00. The average Bonchev–Trinajstić information content (AvgIpc) is 2.81. The van der Waals surface area contributed by atoms with Crippen LogP contribution in [-0.2, 0) is 26.2 Å². The molecule has 0 aliphatic heterocycles. The van der Waals surface area contributed by atoms with Crippen LogP contribution in [0, 0.1) is 6.92 Å². The Kier molecular flexibility index (Phi) is 10.1. The summed E-state index contributed by atoms with van der Waals surface area (Å²) in [4.78, 5) is 27.9. The molecule has 0 aromatic heterocycles. The van der Waals surface area contributed by atoms with Gasteiger partial charge in [0.05, 0.1) is 19.1 Å². The first kappa shape index (κ1) is 28.6. The third kappa shape index (κ3) is 7.96. The Morgan fingerprint density at radius 3 is 2.40 bits per heavy atom. The van der Waals surface area contributed by atoms with Crippen LogP contribution in [0.4, 0.5) is 5.69 Å². The number of anilines is 1. The topological polar surface area (TPSA) is 96.0 Å². The van der Waals surface area contributed by atoms with Gasteiger partial charge in [0, 0.05) is 17.1 Å². The number of aryl methyl sites for hydroxylation is 1. The van der Waals surface area contributed by atoms with Gasteiger partial charge in [0.1, 0.15) is 18.3 Å². The highest BCUT2D eigenvalue weighted by Gasteiger charge is 2.30. The van der Waals surface area contributed by atoms with Crippen molar-refractivity contribution in [3.8, 4) is 5.75 Å². The van der Waals surface area contributed by atoms with Crippen molar-refractivity contribution in [3.05, 3.63) is 58.1 Å². The molecule has 2 amide bonds. The molecule has 0 saturated heterocycles.